The zero-order valence-electron chi connectivity index (χ0n) is 17.9. The highest BCUT2D eigenvalue weighted by Crippen LogP contribution is 2.35. The van der Waals surface area contributed by atoms with Crippen molar-refractivity contribution in [3.8, 4) is 28.5 Å². The summed E-state index contributed by atoms with van der Waals surface area (Å²) in [6.07, 6.45) is 5.66. The molecule has 0 bridgehead atoms. The fourth-order valence-corrected chi connectivity index (χ4v) is 5.04. The average Bonchev–Trinajstić information content (AvgIpc) is 3.24. The molecule has 13 heteroatoms. The van der Waals surface area contributed by atoms with Gasteiger partial charge in [0.15, 0.2) is 0 Å². The normalized spacial score (nSPS) is 15.6. The van der Waals surface area contributed by atoms with Gasteiger partial charge in [0.2, 0.25) is 10.0 Å². The summed E-state index contributed by atoms with van der Waals surface area (Å²) >= 11 is 0. The summed E-state index contributed by atoms with van der Waals surface area (Å²) < 4.78 is 25.0. The Balaban J connectivity index is 1.63. The lowest BCUT2D eigenvalue weighted by molar-refractivity contribution is 0.0579. The maximum Gasteiger partial charge on any atom is 0.325 e. The number of aromatic nitrogens is 6. The SMILES string of the molecule is CS(=O)(=O)N1CC(CC#N)(n2ncc(-c3cc(-c4c[nH]c(=O)[nH]c4=O)cc4ncccc34)n2)C1. The maximum atomic E-state index is 12.4. The van der Waals surface area contributed by atoms with E-state index in [1.54, 1.807) is 24.4 Å². The topological polar surface area (TPSA) is 170 Å². The molecule has 0 amide bonds. The fourth-order valence-electron chi connectivity index (χ4n) is 4.09. The van der Waals surface area contributed by atoms with E-state index in [4.69, 9.17) is 0 Å². The molecule has 5 rings (SSSR count). The lowest BCUT2D eigenvalue weighted by Crippen LogP contribution is -2.64. The smallest absolute Gasteiger partial charge is 0.313 e. The molecule has 0 unspecified atom stereocenters. The first-order chi connectivity index (χ1) is 16.2. The first kappa shape index (κ1) is 21.7. The van der Waals surface area contributed by atoms with E-state index in [1.165, 1.54) is 21.5 Å². The number of sulfonamides is 1. The summed E-state index contributed by atoms with van der Waals surface area (Å²) in [5.74, 6) is 0. The summed E-state index contributed by atoms with van der Waals surface area (Å²) in [5.41, 5.74) is 0.474. The Morgan fingerprint density at radius 1 is 1.24 bits per heavy atom. The zero-order chi connectivity index (χ0) is 24.1. The molecule has 1 fully saturated rings. The largest absolute Gasteiger partial charge is 0.325 e. The second kappa shape index (κ2) is 7.72. The minimum Gasteiger partial charge on any atom is -0.313 e. The molecule has 0 saturated carbocycles. The van der Waals surface area contributed by atoms with Crippen molar-refractivity contribution in [1.29, 1.82) is 5.26 Å². The summed E-state index contributed by atoms with van der Waals surface area (Å²) in [6.45, 7) is 0.200. The third-order valence-corrected chi connectivity index (χ3v) is 7.06. The van der Waals surface area contributed by atoms with E-state index in [-0.39, 0.29) is 25.1 Å². The third-order valence-electron chi connectivity index (χ3n) is 5.86. The molecule has 4 aromatic rings. The van der Waals surface area contributed by atoms with Crippen molar-refractivity contribution in [1.82, 2.24) is 34.3 Å². The molecule has 12 nitrogen and oxygen atoms in total. The first-order valence-corrected chi connectivity index (χ1v) is 12.0. The van der Waals surface area contributed by atoms with Crippen LogP contribution in [0.1, 0.15) is 6.42 Å². The van der Waals surface area contributed by atoms with Crippen LogP contribution in [0.25, 0.3) is 33.3 Å². The number of hydrogen-bond acceptors (Lipinski definition) is 8. The molecule has 2 N–H and O–H groups in total. The van der Waals surface area contributed by atoms with Gasteiger partial charge in [0.1, 0.15) is 11.2 Å². The number of hydrogen-bond donors (Lipinski definition) is 2. The van der Waals surface area contributed by atoms with Crippen LogP contribution in [0, 0.1) is 11.3 Å². The first-order valence-electron chi connectivity index (χ1n) is 10.2. The van der Waals surface area contributed by atoms with Crippen molar-refractivity contribution >= 4 is 20.9 Å². The molecule has 172 valence electrons. The number of benzene rings is 1. The summed E-state index contributed by atoms with van der Waals surface area (Å²) in [6, 6.07) is 9.22. The van der Waals surface area contributed by atoms with Gasteiger partial charge in [0.25, 0.3) is 5.56 Å². The highest BCUT2D eigenvalue weighted by atomic mass is 32.2. The molecule has 0 spiro atoms. The molecular formula is C21H18N8O4S. The Hall–Kier alpha value is -4.15. The number of H-pyrrole nitrogens is 2. The van der Waals surface area contributed by atoms with Gasteiger partial charge in [-0.1, -0.05) is 6.07 Å². The van der Waals surface area contributed by atoms with Gasteiger partial charge < -0.3 is 4.98 Å². The van der Waals surface area contributed by atoms with Gasteiger partial charge in [0.05, 0.1) is 36.0 Å². The molecule has 3 aromatic heterocycles. The van der Waals surface area contributed by atoms with E-state index in [1.807, 2.05) is 6.07 Å². The van der Waals surface area contributed by atoms with Crippen molar-refractivity contribution in [3.63, 3.8) is 0 Å². The van der Waals surface area contributed by atoms with E-state index >= 15 is 0 Å². The van der Waals surface area contributed by atoms with Gasteiger partial charge in [-0.25, -0.2) is 13.2 Å². The second-order valence-electron chi connectivity index (χ2n) is 8.19. The standard InChI is InChI=1S/C21H18N8O4S/c1-34(32,33)28-11-21(12-28,4-5-22)29-25-10-18(27-29)15-7-13(8-17-14(15)3-2-6-23-17)16-9-24-20(31)26-19(16)30/h2-3,6-10H,4,11-12H2,1H3,(H2,24,26,30,31). The van der Waals surface area contributed by atoms with Crippen LogP contribution in [0.3, 0.4) is 0 Å². The van der Waals surface area contributed by atoms with Crippen molar-refractivity contribution in [3.05, 3.63) is 63.7 Å². The monoisotopic (exact) mass is 478 g/mol. The molecule has 1 aliphatic heterocycles. The molecule has 1 aromatic carbocycles. The molecule has 1 saturated heterocycles. The number of nitrogens with zero attached hydrogens (tertiary/aromatic N) is 6. The molecule has 1 aliphatic rings. The number of nitrogens with one attached hydrogen (secondary N) is 2. The van der Waals surface area contributed by atoms with Crippen LogP contribution in [-0.4, -0.2) is 62.0 Å². The van der Waals surface area contributed by atoms with Gasteiger partial charge in [-0.15, -0.1) is 0 Å². The summed E-state index contributed by atoms with van der Waals surface area (Å²) in [4.78, 5) is 34.3. The molecule has 0 radical (unpaired) electrons. The molecule has 34 heavy (non-hydrogen) atoms. The summed E-state index contributed by atoms with van der Waals surface area (Å²) in [5, 5.41) is 19.1. The minimum absolute atomic E-state index is 0.0439. The molecular weight excluding hydrogens is 460 g/mol. The van der Waals surface area contributed by atoms with Gasteiger partial charge >= 0.3 is 5.69 Å². The van der Waals surface area contributed by atoms with Crippen LogP contribution in [0.5, 0.6) is 0 Å². The van der Waals surface area contributed by atoms with E-state index in [0.29, 0.717) is 22.3 Å². The minimum atomic E-state index is -3.39. The van der Waals surface area contributed by atoms with Crippen molar-refractivity contribution in [2.24, 2.45) is 0 Å². The van der Waals surface area contributed by atoms with Crippen molar-refractivity contribution in [2.75, 3.05) is 19.3 Å². The van der Waals surface area contributed by atoms with Crippen LogP contribution in [-0.2, 0) is 15.6 Å². The average molecular weight is 478 g/mol. The predicted molar refractivity (Wildman–Crippen MR) is 122 cm³/mol. The number of rotatable bonds is 5. The van der Waals surface area contributed by atoms with Crippen LogP contribution < -0.4 is 11.2 Å². The van der Waals surface area contributed by atoms with Gasteiger partial charge in [-0.05, 0) is 23.8 Å². The second-order valence-corrected chi connectivity index (χ2v) is 10.2. The Morgan fingerprint density at radius 2 is 2.03 bits per heavy atom. The van der Waals surface area contributed by atoms with E-state index < -0.39 is 26.8 Å². The van der Waals surface area contributed by atoms with E-state index in [0.717, 1.165) is 11.6 Å². The third kappa shape index (κ3) is 3.58. The molecule has 4 heterocycles. The zero-order valence-corrected chi connectivity index (χ0v) is 18.7. The number of aromatic amines is 2. The number of fused-ring (bicyclic) bond motifs is 1. The highest BCUT2D eigenvalue weighted by molar-refractivity contribution is 7.88. The van der Waals surface area contributed by atoms with Crippen LogP contribution >= 0.6 is 0 Å². The number of pyridine rings is 1. The van der Waals surface area contributed by atoms with Gasteiger partial charge in [-0.2, -0.15) is 24.6 Å². The molecule has 0 atom stereocenters. The Morgan fingerprint density at radius 3 is 2.74 bits per heavy atom. The highest BCUT2D eigenvalue weighted by Gasteiger charge is 2.50. The van der Waals surface area contributed by atoms with Gasteiger partial charge in [-0.3, -0.25) is 14.8 Å². The van der Waals surface area contributed by atoms with Crippen molar-refractivity contribution in [2.45, 2.75) is 12.0 Å². The lowest BCUT2D eigenvalue weighted by Gasteiger charge is -2.46. The van der Waals surface area contributed by atoms with Crippen molar-refractivity contribution < 1.29 is 8.42 Å². The Labute approximate surface area is 192 Å². The fraction of sp³-hybridized carbons (Fsp3) is 0.238. The van der Waals surface area contributed by atoms with E-state index in [9.17, 15) is 23.3 Å². The quantitative estimate of drug-likeness (QED) is 0.415. The van der Waals surface area contributed by atoms with Crippen LogP contribution in [0.15, 0.2) is 52.4 Å². The number of nitriles is 1. The Bertz CT molecular complexity index is 1690. The van der Waals surface area contributed by atoms with Gasteiger partial charge in [0, 0.05) is 36.4 Å². The van der Waals surface area contributed by atoms with Crippen LogP contribution in [0.2, 0.25) is 0 Å². The lowest BCUT2D eigenvalue weighted by atomic mass is 9.90. The molecule has 0 aliphatic carbocycles. The van der Waals surface area contributed by atoms with Crippen LogP contribution in [0.4, 0.5) is 0 Å². The van der Waals surface area contributed by atoms with E-state index in [2.05, 4.69) is 31.2 Å². The maximum absolute atomic E-state index is 12.4. The predicted octanol–water partition coefficient (Wildman–Crippen LogP) is 0.421. The summed E-state index contributed by atoms with van der Waals surface area (Å²) in [7, 11) is -3.39. The Kier molecular flexibility index (Phi) is 4.92.